The lowest BCUT2D eigenvalue weighted by molar-refractivity contribution is -0.137. The smallest absolute Gasteiger partial charge is 0.240 e. The van der Waals surface area contributed by atoms with Crippen molar-refractivity contribution in [3.05, 3.63) is 0 Å². The minimum Gasteiger partial charge on any atom is -0.396 e. The lowest BCUT2D eigenvalue weighted by Crippen LogP contribution is -2.43. The number of carbonyl (C=O) groups is 2. The summed E-state index contributed by atoms with van der Waals surface area (Å²) in [6.07, 6.45) is 0.967. The van der Waals surface area contributed by atoms with E-state index in [1.54, 1.807) is 0 Å². The van der Waals surface area contributed by atoms with Gasteiger partial charge in [-0.15, -0.1) is 0 Å². The first-order chi connectivity index (χ1) is 7.56. The molecule has 0 radical (unpaired) electrons. The molecule has 1 heterocycles. The summed E-state index contributed by atoms with van der Waals surface area (Å²) in [4.78, 5) is 24.1. The summed E-state index contributed by atoms with van der Waals surface area (Å²) < 4.78 is 0. The number of hydrogen-bond donors (Lipinski definition) is 3. The number of nitrogens with two attached hydrogens (primary N) is 1. The van der Waals surface area contributed by atoms with Crippen LogP contribution >= 0.6 is 0 Å². The molecule has 1 rings (SSSR count). The molecule has 2 atom stereocenters. The molecule has 6 heteroatoms. The number of rotatable bonds is 5. The number of aliphatic hydroxyl groups is 2. The topological polar surface area (TPSA) is 104 Å². The molecule has 6 nitrogen and oxygen atoms in total. The van der Waals surface area contributed by atoms with Crippen LogP contribution < -0.4 is 5.73 Å². The molecule has 1 aliphatic rings. The van der Waals surface area contributed by atoms with Gasteiger partial charge in [0.2, 0.25) is 11.8 Å². The number of carbonyl (C=O) groups excluding carboxylic acids is 2. The zero-order valence-corrected chi connectivity index (χ0v) is 9.13. The number of amides is 2. The van der Waals surface area contributed by atoms with E-state index in [0.717, 1.165) is 0 Å². The average molecular weight is 230 g/mol. The minimum absolute atomic E-state index is 0.0507. The van der Waals surface area contributed by atoms with Crippen molar-refractivity contribution in [3.63, 3.8) is 0 Å². The Hall–Kier alpha value is -1.14. The summed E-state index contributed by atoms with van der Waals surface area (Å²) in [6, 6.07) is -0.684. The second kappa shape index (κ2) is 5.81. The number of unbranched alkanes of at least 4 members (excludes halogenated alkanes) is 1. The first kappa shape index (κ1) is 12.9. The van der Waals surface area contributed by atoms with Crippen LogP contribution in [0.25, 0.3) is 0 Å². The van der Waals surface area contributed by atoms with Crippen molar-refractivity contribution < 1.29 is 19.8 Å². The maximum atomic E-state index is 11.7. The molecule has 2 amide bonds. The Labute approximate surface area is 94.0 Å². The molecule has 4 N–H and O–H groups in total. The van der Waals surface area contributed by atoms with Crippen molar-refractivity contribution >= 4 is 11.8 Å². The lowest BCUT2D eigenvalue weighted by atomic mass is 10.2. The Kier molecular flexibility index (Phi) is 4.70. The van der Waals surface area contributed by atoms with Crippen molar-refractivity contribution in [3.8, 4) is 0 Å². The Morgan fingerprint density at radius 3 is 2.62 bits per heavy atom. The number of β-amino-alcohol motifs (C(OH)–C–C–N with tert-alkyl or cyclic N) is 1. The molecule has 0 bridgehead atoms. The Bertz CT molecular complexity index is 270. The summed E-state index contributed by atoms with van der Waals surface area (Å²) in [7, 11) is 0. The summed E-state index contributed by atoms with van der Waals surface area (Å²) in [5, 5.41) is 18.0. The van der Waals surface area contributed by atoms with Gasteiger partial charge >= 0.3 is 0 Å². The highest BCUT2D eigenvalue weighted by Crippen LogP contribution is 2.19. The quantitative estimate of drug-likeness (QED) is 0.505. The van der Waals surface area contributed by atoms with E-state index in [1.807, 2.05) is 0 Å². The third kappa shape index (κ3) is 3.18. The normalized spacial score (nSPS) is 24.8. The molecule has 92 valence electrons. The van der Waals surface area contributed by atoms with Gasteiger partial charge in [-0.1, -0.05) is 0 Å². The molecule has 2 unspecified atom stereocenters. The zero-order chi connectivity index (χ0) is 12.1. The fraction of sp³-hybridized carbons (Fsp3) is 0.800. The van der Waals surface area contributed by atoms with Gasteiger partial charge in [-0.25, -0.2) is 0 Å². The van der Waals surface area contributed by atoms with Gasteiger partial charge in [0.05, 0.1) is 6.10 Å². The van der Waals surface area contributed by atoms with Gasteiger partial charge in [0, 0.05) is 26.0 Å². The zero-order valence-electron chi connectivity index (χ0n) is 9.13. The highest BCUT2D eigenvalue weighted by molar-refractivity contribution is 5.87. The van der Waals surface area contributed by atoms with Crippen molar-refractivity contribution in [2.75, 3.05) is 13.2 Å². The molecular weight excluding hydrogens is 212 g/mol. The number of hydrogen-bond acceptors (Lipinski definition) is 4. The van der Waals surface area contributed by atoms with Crippen molar-refractivity contribution in [2.45, 2.75) is 37.8 Å². The Balaban J connectivity index is 2.50. The van der Waals surface area contributed by atoms with E-state index >= 15 is 0 Å². The minimum atomic E-state index is -0.684. The van der Waals surface area contributed by atoms with E-state index in [4.69, 9.17) is 10.8 Å². The lowest BCUT2D eigenvalue weighted by Gasteiger charge is -2.21. The first-order valence-corrected chi connectivity index (χ1v) is 5.44. The van der Waals surface area contributed by atoms with E-state index < -0.39 is 18.1 Å². The average Bonchev–Trinajstić information content (AvgIpc) is 2.61. The van der Waals surface area contributed by atoms with E-state index in [-0.39, 0.29) is 31.9 Å². The van der Waals surface area contributed by atoms with Crippen LogP contribution in [0.3, 0.4) is 0 Å². The van der Waals surface area contributed by atoms with E-state index in [2.05, 4.69) is 0 Å². The van der Waals surface area contributed by atoms with E-state index in [9.17, 15) is 14.7 Å². The first-order valence-electron chi connectivity index (χ1n) is 5.44. The van der Waals surface area contributed by atoms with Crippen molar-refractivity contribution in [1.29, 1.82) is 0 Å². The molecule has 1 aliphatic heterocycles. The van der Waals surface area contributed by atoms with Gasteiger partial charge in [-0.2, -0.15) is 0 Å². The third-order valence-electron chi connectivity index (χ3n) is 2.73. The van der Waals surface area contributed by atoms with E-state index in [1.165, 1.54) is 4.90 Å². The van der Waals surface area contributed by atoms with Crippen LogP contribution in [0.15, 0.2) is 0 Å². The number of aliphatic hydroxyl groups excluding tert-OH is 2. The van der Waals surface area contributed by atoms with Crippen LogP contribution in [-0.4, -0.2) is 52.2 Å². The number of primary amides is 1. The largest absolute Gasteiger partial charge is 0.396 e. The molecule has 0 saturated carbocycles. The van der Waals surface area contributed by atoms with Gasteiger partial charge in [0.1, 0.15) is 6.04 Å². The monoisotopic (exact) mass is 230 g/mol. The van der Waals surface area contributed by atoms with Gasteiger partial charge in [0.25, 0.3) is 0 Å². The fourth-order valence-electron chi connectivity index (χ4n) is 1.89. The number of nitrogens with zero attached hydrogens (tertiary/aromatic N) is 1. The molecular formula is C10H18N2O4. The fourth-order valence-corrected chi connectivity index (χ4v) is 1.89. The van der Waals surface area contributed by atoms with Gasteiger partial charge < -0.3 is 20.8 Å². The molecule has 0 aromatic carbocycles. The van der Waals surface area contributed by atoms with Crippen LogP contribution in [0.5, 0.6) is 0 Å². The Morgan fingerprint density at radius 2 is 2.06 bits per heavy atom. The molecule has 0 aromatic heterocycles. The molecule has 1 saturated heterocycles. The van der Waals surface area contributed by atoms with Crippen LogP contribution in [0.1, 0.15) is 25.7 Å². The summed E-state index contributed by atoms with van der Waals surface area (Å²) in [5.74, 6) is -0.763. The Morgan fingerprint density at radius 1 is 1.38 bits per heavy atom. The highest BCUT2D eigenvalue weighted by atomic mass is 16.3. The summed E-state index contributed by atoms with van der Waals surface area (Å²) in [6.45, 7) is 0.223. The van der Waals surface area contributed by atoms with Crippen LogP contribution in [0, 0.1) is 0 Å². The SMILES string of the molecule is NC(=O)C1CC(O)CN1C(=O)CCCCO. The predicted octanol–water partition coefficient (Wildman–Crippen LogP) is -1.40. The molecule has 16 heavy (non-hydrogen) atoms. The van der Waals surface area contributed by atoms with E-state index in [0.29, 0.717) is 12.8 Å². The molecule has 1 fully saturated rings. The third-order valence-corrected chi connectivity index (χ3v) is 2.73. The maximum Gasteiger partial charge on any atom is 0.240 e. The highest BCUT2D eigenvalue weighted by Gasteiger charge is 2.37. The van der Waals surface area contributed by atoms with Gasteiger partial charge in [0.15, 0.2) is 0 Å². The maximum absolute atomic E-state index is 11.7. The van der Waals surface area contributed by atoms with Crippen molar-refractivity contribution in [1.82, 2.24) is 4.90 Å². The standard InChI is InChI=1S/C10H18N2O4/c11-10(16)8-5-7(14)6-12(8)9(15)3-1-2-4-13/h7-8,13-14H,1-6H2,(H2,11,16). The summed E-state index contributed by atoms with van der Waals surface area (Å²) in [5.41, 5.74) is 5.16. The van der Waals surface area contributed by atoms with Crippen molar-refractivity contribution in [2.24, 2.45) is 5.73 Å². The molecule has 0 aliphatic carbocycles. The van der Waals surface area contributed by atoms with Gasteiger partial charge in [-0.3, -0.25) is 9.59 Å². The van der Waals surface area contributed by atoms with Crippen LogP contribution in [0.4, 0.5) is 0 Å². The predicted molar refractivity (Wildman–Crippen MR) is 56.3 cm³/mol. The summed E-state index contributed by atoms with van der Waals surface area (Å²) >= 11 is 0. The van der Waals surface area contributed by atoms with Gasteiger partial charge in [-0.05, 0) is 12.8 Å². The van der Waals surface area contributed by atoms with Crippen LogP contribution in [0.2, 0.25) is 0 Å². The second-order valence-corrected chi connectivity index (χ2v) is 4.03. The number of likely N-dealkylation sites (tertiary alicyclic amines) is 1. The second-order valence-electron chi connectivity index (χ2n) is 4.03. The van der Waals surface area contributed by atoms with Crippen LogP contribution in [-0.2, 0) is 9.59 Å². The molecule has 0 spiro atoms. The molecule has 0 aromatic rings.